The van der Waals surface area contributed by atoms with E-state index in [-0.39, 0.29) is 11.6 Å². The fourth-order valence-electron chi connectivity index (χ4n) is 1.77. The smallest absolute Gasteiger partial charge is 0.124 e. The van der Waals surface area contributed by atoms with E-state index in [1.165, 1.54) is 5.56 Å². The van der Waals surface area contributed by atoms with Gasteiger partial charge in [-0.2, -0.15) is 0 Å². The topological polar surface area (TPSA) is 30.5 Å². The summed E-state index contributed by atoms with van der Waals surface area (Å²) in [6, 6.07) is 8.14. The monoisotopic (exact) mass is 251 g/mol. The molecule has 0 radical (unpaired) electrons. The summed E-state index contributed by atoms with van der Waals surface area (Å²) in [6.07, 6.45) is 0.193. The fourth-order valence-corrected chi connectivity index (χ4v) is 1.77. The maximum Gasteiger partial charge on any atom is 0.124 e. The zero-order valence-corrected chi connectivity index (χ0v) is 12.1. The van der Waals surface area contributed by atoms with Crippen molar-refractivity contribution in [1.29, 1.82) is 0 Å². The summed E-state index contributed by atoms with van der Waals surface area (Å²) in [4.78, 5) is 0. The van der Waals surface area contributed by atoms with Gasteiger partial charge in [0.25, 0.3) is 0 Å². The molecule has 1 N–H and O–H groups in total. The zero-order chi connectivity index (χ0) is 13.6. The van der Waals surface area contributed by atoms with E-state index < -0.39 is 0 Å². The number of benzene rings is 1. The van der Waals surface area contributed by atoms with Crippen molar-refractivity contribution < 1.29 is 9.47 Å². The second-order valence-corrected chi connectivity index (χ2v) is 5.44. The van der Waals surface area contributed by atoms with Gasteiger partial charge >= 0.3 is 0 Å². The van der Waals surface area contributed by atoms with Crippen LogP contribution in [0, 0.1) is 0 Å². The first kappa shape index (κ1) is 15.0. The Kier molecular flexibility index (Phi) is 5.63. The van der Waals surface area contributed by atoms with Crippen LogP contribution >= 0.6 is 0 Å². The van der Waals surface area contributed by atoms with Crippen LogP contribution in [0.5, 0.6) is 5.75 Å². The second-order valence-electron chi connectivity index (χ2n) is 5.44. The maximum absolute atomic E-state index is 5.80. The molecule has 3 nitrogen and oxygen atoms in total. The summed E-state index contributed by atoms with van der Waals surface area (Å²) in [5.41, 5.74) is 1.13. The maximum atomic E-state index is 5.80. The van der Waals surface area contributed by atoms with Crippen molar-refractivity contribution in [2.75, 3.05) is 13.7 Å². The predicted octanol–water partition coefficient (Wildman–Crippen LogP) is 2.99. The van der Waals surface area contributed by atoms with Gasteiger partial charge in [0, 0.05) is 24.8 Å². The van der Waals surface area contributed by atoms with E-state index in [0.29, 0.717) is 6.61 Å². The van der Waals surface area contributed by atoms with Crippen molar-refractivity contribution in [3.05, 3.63) is 29.8 Å². The average molecular weight is 251 g/mol. The van der Waals surface area contributed by atoms with Crippen LogP contribution < -0.4 is 10.1 Å². The minimum Gasteiger partial charge on any atom is -0.491 e. The van der Waals surface area contributed by atoms with E-state index in [2.05, 4.69) is 25.2 Å². The van der Waals surface area contributed by atoms with Crippen molar-refractivity contribution in [2.45, 2.75) is 45.9 Å². The molecule has 0 heterocycles. The van der Waals surface area contributed by atoms with Crippen LogP contribution in [0.25, 0.3) is 0 Å². The molecular weight excluding hydrogens is 226 g/mol. The van der Waals surface area contributed by atoms with Crippen LogP contribution in [0.2, 0.25) is 0 Å². The molecule has 102 valence electrons. The summed E-state index contributed by atoms with van der Waals surface area (Å²) in [7, 11) is 1.72. The van der Waals surface area contributed by atoms with Gasteiger partial charge in [-0.05, 0) is 33.8 Å². The first-order valence-corrected chi connectivity index (χ1v) is 6.43. The molecule has 0 aliphatic rings. The van der Waals surface area contributed by atoms with E-state index in [4.69, 9.17) is 9.47 Å². The molecule has 18 heavy (non-hydrogen) atoms. The first-order valence-electron chi connectivity index (χ1n) is 6.43. The zero-order valence-electron chi connectivity index (χ0n) is 12.1. The molecule has 0 saturated carbocycles. The Morgan fingerprint density at radius 1 is 1.22 bits per heavy atom. The normalized spacial score (nSPS) is 11.9. The van der Waals surface area contributed by atoms with Crippen LogP contribution in [0.3, 0.4) is 0 Å². The molecule has 0 fully saturated rings. The van der Waals surface area contributed by atoms with Crippen molar-refractivity contribution in [1.82, 2.24) is 5.32 Å². The quantitative estimate of drug-likeness (QED) is 0.808. The lowest BCUT2D eigenvalue weighted by Crippen LogP contribution is -2.42. The predicted molar refractivity (Wildman–Crippen MR) is 75.0 cm³/mol. The van der Waals surface area contributed by atoms with Crippen LogP contribution in [-0.2, 0) is 11.3 Å². The molecule has 0 unspecified atom stereocenters. The third-order valence-corrected chi connectivity index (χ3v) is 2.60. The van der Waals surface area contributed by atoms with E-state index in [1.807, 2.05) is 32.0 Å². The highest BCUT2D eigenvalue weighted by atomic mass is 16.5. The van der Waals surface area contributed by atoms with Crippen LogP contribution in [0.4, 0.5) is 0 Å². The third kappa shape index (κ3) is 5.07. The Balaban J connectivity index is 2.66. The molecule has 1 aromatic carbocycles. The van der Waals surface area contributed by atoms with E-state index >= 15 is 0 Å². The van der Waals surface area contributed by atoms with Crippen LogP contribution in [0.1, 0.15) is 33.3 Å². The molecule has 0 saturated heterocycles. The standard InChI is InChI=1S/C15H25NO2/c1-12(2)18-14-9-7-6-8-13(14)10-16-15(3,4)11-17-5/h6-9,12,16H,10-11H2,1-5H3. The Bertz CT molecular complexity index is 361. The van der Waals surface area contributed by atoms with Gasteiger partial charge in [0.2, 0.25) is 0 Å². The second kappa shape index (κ2) is 6.76. The summed E-state index contributed by atoms with van der Waals surface area (Å²) >= 11 is 0. The van der Waals surface area contributed by atoms with Gasteiger partial charge in [0.05, 0.1) is 12.7 Å². The van der Waals surface area contributed by atoms with Gasteiger partial charge in [-0.3, -0.25) is 0 Å². The highest BCUT2D eigenvalue weighted by molar-refractivity contribution is 5.33. The minimum absolute atomic E-state index is 0.0420. The number of rotatable bonds is 7. The number of methoxy groups -OCH3 is 1. The molecule has 0 aliphatic heterocycles. The number of ether oxygens (including phenoxy) is 2. The van der Waals surface area contributed by atoms with Gasteiger partial charge in [-0.1, -0.05) is 18.2 Å². The van der Waals surface area contributed by atoms with Gasteiger partial charge in [0.15, 0.2) is 0 Å². The lowest BCUT2D eigenvalue weighted by Gasteiger charge is -2.26. The number of hydrogen-bond donors (Lipinski definition) is 1. The molecule has 0 bridgehead atoms. The molecule has 1 aromatic rings. The van der Waals surface area contributed by atoms with Crippen molar-refractivity contribution in [2.24, 2.45) is 0 Å². The fraction of sp³-hybridized carbons (Fsp3) is 0.600. The molecule has 0 aliphatic carbocycles. The molecular formula is C15H25NO2. The number of hydrogen-bond acceptors (Lipinski definition) is 3. The lowest BCUT2D eigenvalue weighted by molar-refractivity contribution is 0.127. The largest absolute Gasteiger partial charge is 0.491 e. The molecule has 0 atom stereocenters. The summed E-state index contributed by atoms with van der Waals surface area (Å²) in [5.74, 6) is 0.952. The van der Waals surface area contributed by atoms with Crippen LogP contribution in [0.15, 0.2) is 24.3 Å². The van der Waals surface area contributed by atoms with Crippen LogP contribution in [-0.4, -0.2) is 25.4 Å². The van der Waals surface area contributed by atoms with Gasteiger partial charge in [0.1, 0.15) is 5.75 Å². The molecule has 3 heteroatoms. The van der Waals surface area contributed by atoms with E-state index in [9.17, 15) is 0 Å². The third-order valence-electron chi connectivity index (χ3n) is 2.60. The summed E-state index contributed by atoms with van der Waals surface area (Å²) < 4.78 is 11.0. The Morgan fingerprint density at radius 3 is 2.50 bits per heavy atom. The number of para-hydroxylation sites is 1. The molecule has 0 amide bonds. The highest BCUT2D eigenvalue weighted by Crippen LogP contribution is 2.20. The Hall–Kier alpha value is -1.06. The van der Waals surface area contributed by atoms with Crippen molar-refractivity contribution >= 4 is 0 Å². The first-order chi connectivity index (χ1) is 8.44. The van der Waals surface area contributed by atoms with Gasteiger partial charge in [-0.15, -0.1) is 0 Å². The lowest BCUT2D eigenvalue weighted by atomic mass is 10.1. The summed E-state index contributed by atoms with van der Waals surface area (Å²) in [6.45, 7) is 9.79. The minimum atomic E-state index is -0.0420. The molecule has 0 spiro atoms. The van der Waals surface area contributed by atoms with E-state index in [1.54, 1.807) is 7.11 Å². The van der Waals surface area contributed by atoms with Crippen molar-refractivity contribution in [3.63, 3.8) is 0 Å². The van der Waals surface area contributed by atoms with Gasteiger partial charge in [-0.25, -0.2) is 0 Å². The molecule has 0 aromatic heterocycles. The molecule has 1 rings (SSSR count). The highest BCUT2D eigenvalue weighted by Gasteiger charge is 2.17. The van der Waals surface area contributed by atoms with Crippen molar-refractivity contribution in [3.8, 4) is 5.75 Å². The SMILES string of the molecule is COCC(C)(C)NCc1ccccc1OC(C)C. The van der Waals surface area contributed by atoms with E-state index in [0.717, 1.165) is 12.3 Å². The number of nitrogens with one attached hydrogen (secondary N) is 1. The van der Waals surface area contributed by atoms with Gasteiger partial charge < -0.3 is 14.8 Å². The Morgan fingerprint density at radius 2 is 1.89 bits per heavy atom. The Labute approximate surface area is 110 Å². The average Bonchev–Trinajstić information content (AvgIpc) is 2.27. The summed E-state index contributed by atoms with van der Waals surface area (Å²) in [5, 5.41) is 3.48.